The Morgan fingerprint density at radius 2 is 2.10 bits per heavy atom. The summed E-state index contributed by atoms with van der Waals surface area (Å²) >= 11 is 5.43. The average molecular weight is 320 g/mol. The molecule has 0 radical (unpaired) electrons. The number of nitrogens with zero attached hydrogens (tertiary/aromatic N) is 1. The summed E-state index contributed by atoms with van der Waals surface area (Å²) in [6.07, 6.45) is -0.929. The molecule has 1 N–H and O–H groups in total. The fraction of sp³-hybridized carbons (Fsp3) is 0.385. The van der Waals surface area contributed by atoms with Crippen LogP contribution in [0.5, 0.6) is 0 Å². The molecule has 1 amide bonds. The Morgan fingerprint density at radius 3 is 2.76 bits per heavy atom. The zero-order chi connectivity index (χ0) is 15.6. The molecule has 1 heterocycles. The van der Waals surface area contributed by atoms with Crippen molar-refractivity contribution in [2.45, 2.75) is 12.5 Å². The van der Waals surface area contributed by atoms with E-state index in [4.69, 9.17) is 21.4 Å². The summed E-state index contributed by atoms with van der Waals surface area (Å²) in [6, 6.07) is 1.47. The van der Waals surface area contributed by atoms with Gasteiger partial charge in [0.25, 0.3) is 5.91 Å². The van der Waals surface area contributed by atoms with E-state index in [0.29, 0.717) is 0 Å². The monoisotopic (exact) mass is 319 g/mol. The van der Waals surface area contributed by atoms with Crippen molar-refractivity contribution in [2.75, 3.05) is 19.7 Å². The molecule has 0 aliphatic carbocycles. The standard InChI is InChI=1S/C13H12ClF2NO4/c14-9-5-10(15)8(4-11(9)16)13(20)17-1-2-21-7(6-17)3-12(18)19/h4-5,7H,1-3,6H2,(H,18,19). The lowest BCUT2D eigenvalue weighted by molar-refractivity contribution is -0.141. The number of amides is 1. The van der Waals surface area contributed by atoms with Crippen LogP contribution in [-0.2, 0) is 9.53 Å². The molecule has 1 atom stereocenters. The Morgan fingerprint density at radius 1 is 1.38 bits per heavy atom. The lowest BCUT2D eigenvalue weighted by Gasteiger charge is -2.32. The summed E-state index contributed by atoms with van der Waals surface area (Å²) in [6.45, 7) is 0.328. The fourth-order valence-electron chi connectivity index (χ4n) is 2.08. The van der Waals surface area contributed by atoms with Gasteiger partial charge in [0.05, 0.1) is 29.7 Å². The maximum absolute atomic E-state index is 13.7. The number of carbonyl (C=O) groups excluding carboxylic acids is 1. The molecule has 1 aliphatic heterocycles. The Hall–Kier alpha value is -1.73. The SMILES string of the molecule is O=C(O)CC1CN(C(=O)c2cc(F)c(Cl)cc2F)CCO1. The molecule has 0 saturated carbocycles. The summed E-state index contributed by atoms with van der Waals surface area (Å²) < 4.78 is 32.3. The van der Waals surface area contributed by atoms with Crippen molar-refractivity contribution in [2.24, 2.45) is 0 Å². The Labute approximate surface area is 124 Å². The molecule has 1 aromatic carbocycles. The number of carboxylic acid groups (broad SMARTS) is 1. The number of carboxylic acids is 1. The van der Waals surface area contributed by atoms with Crippen LogP contribution in [-0.4, -0.2) is 47.7 Å². The highest BCUT2D eigenvalue weighted by atomic mass is 35.5. The van der Waals surface area contributed by atoms with Crippen molar-refractivity contribution in [3.8, 4) is 0 Å². The number of carbonyl (C=O) groups is 2. The molecule has 1 aliphatic rings. The normalized spacial score (nSPS) is 18.6. The molecule has 5 nitrogen and oxygen atoms in total. The van der Waals surface area contributed by atoms with Crippen LogP contribution in [0, 0.1) is 11.6 Å². The van der Waals surface area contributed by atoms with E-state index < -0.39 is 40.2 Å². The van der Waals surface area contributed by atoms with E-state index in [2.05, 4.69) is 0 Å². The number of halogens is 3. The van der Waals surface area contributed by atoms with E-state index in [-0.39, 0.29) is 26.1 Å². The van der Waals surface area contributed by atoms with Crippen LogP contribution in [0.15, 0.2) is 12.1 Å². The van der Waals surface area contributed by atoms with Gasteiger partial charge in [-0.05, 0) is 12.1 Å². The minimum absolute atomic E-state index is 0.00875. The second kappa shape index (κ2) is 6.36. The fourth-order valence-corrected chi connectivity index (χ4v) is 2.23. The number of aliphatic carboxylic acids is 1. The minimum atomic E-state index is -1.06. The van der Waals surface area contributed by atoms with E-state index in [1.54, 1.807) is 0 Å². The molecule has 0 aromatic heterocycles. The van der Waals surface area contributed by atoms with Gasteiger partial charge in [-0.15, -0.1) is 0 Å². The summed E-state index contributed by atoms with van der Waals surface area (Å²) in [5, 5.41) is 8.30. The summed E-state index contributed by atoms with van der Waals surface area (Å²) in [7, 11) is 0. The highest BCUT2D eigenvalue weighted by molar-refractivity contribution is 6.30. The van der Waals surface area contributed by atoms with Gasteiger partial charge >= 0.3 is 5.97 Å². The Balaban J connectivity index is 2.16. The van der Waals surface area contributed by atoms with E-state index in [1.165, 1.54) is 4.90 Å². The third-order valence-corrected chi connectivity index (χ3v) is 3.36. The number of rotatable bonds is 3. The first-order chi connectivity index (χ1) is 9.88. The molecule has 2 rings (SSSR count). The molecule has 1 fully saturated rings. The molecule has 114 valence electrons. The highest BCUT2D eigenvalue weighted by Crippen LogP contribution is 2.21. The topological polar surface area (TPSA) is 66.8 Å². The third kappa shape index (κ3) is 3.68. The average Bonchev–Trinajstić information content (AvgIpc) is 2.41. The smallest absolute Gasteiger partial charge is 0.306 e. The molecular formula is C13H12ClF2NO4. The van der Waals surface area contributed by atoms with Gasteiger partial charge in [-0.3, -0.25) is 9.59 Å². The van der Waals surface area contributed by atoms with Gasteiger partial charge in [0.1, 0.15) is 11.6 Å². The summed E-state index contributed by atoms with van der Waals surface area (Å²) in [5.74, 6) is -3.59. The van der Waals surface area contributed by atoms with Crippen LogP contribution < -0.4 is 0 Å². The predicted octanol–water partition coefficient (Wildman–Crippen LogP) is 1.93. The van der Waals surface area contributed by atoms with Gasteiger partial charge in [-0.2, -0.15) is 0 Å². The zero-order valence-corrected chi connectivity index (χ0v) is 11.6. The minimum Gasteiger partial charge on any atom is -0.481 e. The third-order valence-electron chi connectivity index (χ3n) is 3.07. The number of morpholine rings is 1. The van der Waals surface area contributed by atoms with Gasteiger partial charge in [0.15, 0.2) is 0 Å². The van der Waals surface area contributed by atoms with Crippen LogP contribution in [0.1, 0.15) is 16.8 Å². The van der Waals surface area contributed by atoms with E-state index >= 15 is 0 Å². The van der Waals surface area contributed by atoms with Gasteiger partial charge in [-0.25, -0.2) is 8.78 Å². The first-order valence-electron chi connectivity index (χ1n) is 6.15. The van der Waals surface area contributed by atoms with Gasteiger partial charge < -0.3 is 14.7 Å². The maximum Gasteiger partial charge on any atom is 0.306 e. The maximum atomic E-state index is 13.7. The van der Waals surface area contributed by atoms with E-state index in [9.17, 15) is 18.4 Å². The van der Waals surface area contributed by atoms with Crippen LogP contribution >= 0.6 is 11.6 Å². The number of ether oxygens (including phenoxy) is 1. The van der Waals surface area contributed by atoms with E-state index in [0.717, 1.165) is 12.1 Å². The van der Waals surface area contributed by atoms with Crippen molar-refractivity contribution < 1.29 is 28.2 Å². The molecule has 0 spiro atoms. The van der Waals surface area contributed by atoms with Crippen molar-refractivity contribution >= 4 is 23.5 Å². The molecular weight excluding hydrogens is 308 g/mol. The number of hydrogen-bond acceptors (Lipinski definition) is 3. The van der Waals surface area contributed by atoms with Gasteiger partial charge in [-0.1, -0.05) is 11.6 Å². The van der Waals surface area contributed by atoms with Gasteiger partial charge in [0, 0.05) is 13.1 Å². The largest absolute Gasteiger partial charge is 0.481 e. The van der Waals surface area contributed by atoms with Crippen molar-refractivity contribution in [1.29, 1.82) is 0 Å². The van der Waals surface area contributed by atoms with Crippen molar-refractivity contribution in [1.82, 2.24) is 4.90 Å². The lowest BCUT2D eigenvalue weighted by Crippen LogP contribution is -2.46. The van der Waals surface area contributed by atoms with Crippen LogP contribution in [0.25, 0.3) is 0 Å². The second-order valence-corrected chi connectivity index (χ2v) is 5.00. The van der Waals surface area contributed by atoms with Crippen LogP contribution in [0.4, 0.5) is 8.78 Å². The quantitative estimate of drug-likeness (QED) is 0.865. The van der Waals surface area contributed by atoms with Gasteiger partial charge in [0.2, 0.25) is 0 Å². The lowest BCUT2D eigenvalue weighted by atomic mass is 10.1. The van der Waals surface area contributed by atoms with Crippen molar-refractivity contribution in [3.63, 3.8) is 0 Å². The van der Waals surface area contributed by atoms with Crippen LogP contribution in [0.3, 0.4) is 0 Å². The molecule has 1 aromatic rings. The number of hydrogen-bond donors (Lipinski definition) is 1. The highest BCUT2D eigenvalue weighted by Gasteiger charge is 2.28. The summed E-state index contributed by atoms with van der Waals surface area (Å²) in [4.78, 5) is 24.1. The first kappa shape index (κ1) is 15.7. The Bertz CT molecular complexity index is 582. The number of benzene rings is 1. The van der Waals surface area contributed by atoms with Crippen LogP contribution in [0.2, 0.25) is 5.02 Å². The van der Waals surface area contributed by atoms with E-state index in [1.807, 2.05) is 0 Å². The summed E-state index contributed by atoms with van der Waals surface area (Å²) in [5.41, 5.74) is -0.437. The molecule has 1 unspecified atom stereocenters. The van der Waals surface area contributed by atoms with Crippen molar-refractivity contribution in [3.05, 3.63) is 34.4 Å². The zero-order valence-electron chi connectivity index (χ0n) is 10.8. The Kier molecular flexibility index (Phi) is 4.74. The molecule has 8 heteroatoms. The molecule has 21 heavy (non-hydrogen) atoms. The predicted molar refractivity (Wildman–Crippen MR) is 69.3 cm³/mol. The second-order valence-electron chi connectivity index (χ2n) is 4.59. The molecule has 0 bridgehead atoms. The molecule has 1 saturated heterocycles. The first-order valence-corrected chi connectivity index (χ1v) is 6.53.